The lowest BCUT2D eigenvalue weighted by molar-refractivity contribution is 0.242. The fourth-order valence-corrected chi connectivity index (χ4v) is 2.20. The molecule has 2 aromatic carbocycles. The summed E-state index contributed by atoms with van der Waals surface area (Å²) in [5, 5.41) is 3.55. The van der Waals surface area contributed by atoms with Gasteiger partial charge in [0.1, 0.15) is 5.75 Å². The van der Waals surface area contributed by atoms with Gasteiger partial charge in [-0.25, -0.2) is 0 Å². The van der Waals surface area contributed by atoms with Crippen LogP contribution in [0.2, 0.25) is 0 Å². The van der Waals surface area contributed by atoms with E-state index in [9.17, 15) is 0 Å². The van der Waals surface area contributed by atoms with Gasteiger partial charge in [0.15, 0.2) is 0 Å². The molecule has 0 aliphatic heterocycles. The summed E-state index contributed by atoms with van der Waals surface area (Å²) in [7, 11) is 0. The van der Waals surface area contributed by atoms with Crippen molar-refractivity contribution >= 4 is 0 Å². The number of nitrogens with one attached hydrogen (secondary N) is 1. The van der Waals surface area contributed by atoms with Crippen LogP contribution in [0.5, 0.6) is 5.75 Å². The molecule has 0 heterocycles. The largest absolute Gasteiger partial charge is 0.491 e. The molecule has 21 heavy (non-hydrogen) atoms. The maximum atomic E-state index is 5.67. The second-order valence-electron chi connectivity index (χ2n) is 5.82. The minimum Gasteiger partial charge on any atom is -0.491 e. The molecule has 0 bridgehead atoms. The Morgan fingerprint density at radius 3 is 2.10 bits per heavy atom. The molecule has 1 N–H and O–H groups in total. The highest BCUT2D eigenvalue weighted by Crippen LogP contribution is 2.19. The fraction of sp³-hybridized carbons (Fsp3) is 0.368. The van der Waals surface area contributed by atoms with E-state index >= 15 is 0 Å². The summed E-state index contributed by atoms with van der Waals surface area (Å²) in [6, 6.07) is 17.3. The molecule has 0 aromatic heterocycles. The summed E-state index contributed by atoms with van der Waals surface area (Å²) in [5.41, 5.74) is 3.89. The Morgan fingerprint density at radius 1 is 0.905 bits per heavy atom. The van der Waals surface area contributed by atoms with Crippen LogP contribution in [0.1, 0.15) is 43.5 Å². The molecule has 112 valence electrons. The highest BCUT2D eigenvalue weighted by molar-refractivity contribution is 5.29. The monoisotopic (exact) mass is 283 g/mol. The molecule has 1 atom stereocenters. The van der Waals surface area contributed by atoms with Gasteiger partial charge in [-0.1, -0.05) is 42.0 Å². The van der Waals surface area contributed by atoms with Crippen molar-refractivity contribution in [1.29, 1.82) is 0 Å². The van der Waals surface area contributed by atoms with Crippen molar-refractivity contribution in [2.24, 2.45) is 0 Å². The number of hydrogen-bond donors (Lipinski definition) is 1. The number of rotatable bonds is 6. The van der Waals surface area contributed by atoms with E-state index in [1.54, 1.807) is 0 Å². The summed E-state index contributed by atoms with van der Waals surface area (Å²) in [6.07, 6.45) is 0.216. The second-order valence-corrected chi connectivity index (χ2v) is 5.82. The van der Waals surface area contributed by atoms with Crippen molar-refractivity contribution in [3.8, 4) is 5.75 Å². The van der Waals surface area contributed by atoms with E-state index in [4.69, 9.17) is 4.74 Å². The quantitative estimate of drug-likeness (QED) is 0.834. The number of aryl methyl sites for hydroxylation is 1. The zero-order valence-electron chi connectivity index (χ0n) is 13.4. The molecular weight excluding hydrogens is 258 g/mol. The lowest BCUT2D eigenvalue weighted by atomic mass is 10.1. The first-order valence-corrected chi connectivity index (χ1v) is 7.60. The topological polar surface area (TPSA) is 21.3 Å². The van der Waals surface area contributed by atoms with Crippen molar-refractivity contribution in [1.82, 2.24) is 5.32 Å². The van der Waals surface area contributed by atoms with E-state index in [2.05, 4.69) is 55.6 Å². The minimum absolute atomic E-state index is 0.216. The molecule has 2 heteroatoms. The molecule has 0 aliphatic carbocycles. The first-order valence-electron chi connectivity index (χ1n) is 7.60. The number of benzene rings is 2. The Bertz CT molecular complexity index is 543. The third-order valence-corrected chi connectivity index (χ3v) is 3.48. The Hall–Kier alpha value is -1.80. The Labute approximate surface area is 128 Å². The van der Waals surface area contributed by atoms with Gasteiger partial charge in [-0.3, -0.25) is 0 Å². The predicted octanol–water partition coefficient (Wildman–Crippen LogP) is 4.63. The molecule has 0 amide bonds. The SMILES string of the molecule is Cc1ccc(CNC(C)c2ccc(OC(C)C)cc2)cc1. The maximum Gasteiger partial charge on any atom is 0.119 e. The smallest absolute Gasteiger partial charge is 0.119 e. The first-order chi connectivity index (χ1) is 10.0. The molecule has 2 aromatic rings. The van der Waals surface area contributed by atoms with E-state index in [-0.39, 0.29) is 6.10 Å². The van der Waals surface area contributed by atoms with Gasteiger partial charge >= 0.3 is 0 Å². The van der Waals surface area contributed by atoms with Crippen LogP contribution >= 0.6 is 0 Å². The molecular formula is C19H25NO. The van der Waals surface area contributed by atoms with E-state index in [1.807, 2.05) is 26.0 Å². The van der Waals surface area contributed by atoms with Crippen molar-refractivity contribution < 1.29 is 4.74 Å². The van der Waals surface area contributed by atoms with E-state index in [0.29, 0.717) is 6.04 Å². The molecule has 0 spiro atoms. The van der Waals surface area contributed by atoms with Gasteiger partial charge < -0.3 is 10.1 Å². The third-order valence-electron chi connectivity index (χ3n) is 3.48. The molecule has 1 unspecified atom stereocenters. The van der Waals surface area contributed by atoms with Crippen LogP contribution in [0.25, 0.3) is 0 Å². The highest BCUT2D eigenvalue weighted by atomic mass is 16.5. The van der Waals surface area contributed by atoms with Gasteiger partial charge in [0, 0.05) is 12.6 Å². The molecule has 0 radical (unpaired) electrons. The van der Waals surface area contributed by atoms with Gasteiger partial charge in [0.05, 0.1) is 6.10 Å². The summed E-state index contributed by atoms with van der Waals surface area (Å²) >= 11 is 0. The van der Waals surface area contributed by atoms with Crippen LogP contribution in [0.4, 0.5) is 0 Å². The van der Waals surface area contributed by atoms with E-state index in [1.165, 1.54) is 16.7 Å². The summed E-state index contributed by atoms with van der Waals surface area (Å²) < 4.78 is 5.67. The normalized spacial score (nSPS) is 12.4. The van der Waals surface area contributed by atoms with Gasteiger partial charge in [-0.15, -0.1) is 0 Å². The Morgan fingerprint density at radius 2 is 1.52 bits per heavy atom. The average molecular weight is 283 g/mol. The van der Waals surface area contributed by atoms with Crippen LogP contribution in [0.15, 0.2) is 48.5 Å². The molecule has 0 saturated carbocycles. The van der Waals surface area contributed by atoms with Crippen molar-refractivity contribution in [2.45, 2.75) is 46.4 Å². The van der Waals surface area contributed by atoms with Crippen LogP contribution in [-0.4, -0.2) is 6.10 Å². The summed E-state index contributed by atoms with van der Waals surface area (Å²) in [5.74, 6) is 0.930. The lowest BCUT2D eigenvalue weighted by Gasteiger charge is -2.16. The van der Waals surface area contributed by atoms with Crippen molar-refractivity contribution in [3.63, 3.8) is 0 Å². The average Bonchev–Trinajstić information content (AvgIpc) is 2.46. The number of ether oxygens (including phenoxy) is 1. The minimum atomic E-state index is 0.216. The van der Waals surface area contributed by atoms with Crippen LogP contribution < -0.4 is 10.1 Å². The standard InChI is InChI=1S/C19H25NO/c1-14(2)21-19-11-9-18(10-12-19)16(4)20-13-17-7-5-15(3)6-8-17/h5-12,14,16,20H,13H2,1-4H3. The van der Waals surface area contributed by atoms with Gasteiger partial charge in [-0.05, 0) is 51.0 Å². The molecule has 0 fully saturated rings. The Balaban J connectivity index is 1.90. The highest BCUT2D eigenvalue weighted by Gasteiger charge is 2.05. The summed E-state index contributed by atoms with van der Waals surface area (Å²) in [6.45, 7) is 9.26. The third kappa shape index (κ3) is 4.91. The van der Waals surface area contributed by atoms with Gasteiger partial charge in [-0.2, -0.15) is 0 Å². The van der Waals surface area contributed by atoms with Crippen LogP contribution in [-0.2, 0) is 6.54 Å². The fourth-order valence-electron chi connectivity index (χ4n) is 2.20. The van der Waals surface area contributed by atoms with E-state index < -0.39 is 0 Å². The van der Waals surface area contributed by atoms with Crippen molar-refractivity contribution in [2.75, 3.05) is 0 Å². The first kappa shape index (κ1) is 15.6. The molecule has 2 rings (SSSR count). The maximum absolute atomic E-state index is 5.67. The molecule has 0 aliphatic rings. The zero-order valence-corrected chi connectivity index (χ0v) is 13.4. The molecule has 0 saturated heterocycles. The summed E-state index contributed by atoms with van der Waals surface area (Å²) in [4.78, 5) is 0. The van der Waals surface area contributed by atoms with Crippen LogP contribution in [0, 0.1) is 6.92 Å². The zero-order chi connectivity index (χ0) is 15.2. The Kier molecular flexibility index (Phi) is 5.40. The predicted molar refractivity (Wildman–Crippen MR) is 88.6 cm³/mol. The second kappa shape index (κ2) is 7.28. The number of hydrogen-bond acceptors (Lipinski definition) is 2. The van der Waals surface area contributed by atoms with E-state index in [0.717, 1.165) is 12.3 Å². The molecule has 2 nitrogen and oxygen atoms in total. The van der Waals surface area contributed by atoms with Crippen molar-refractivity contribution in [3.05, 3.63) is 65.2 Å². The lowest BCUT2D eigenvalue weighted by Crippen LogP contribution is -2.18. The van der Waals surface area contributed by atoms with Gasteiger partial charge in [0.25, 0.3) is 0 Å². The van der Waals surface area contributed by atoms with Crippen LogP contribution in [0.3, 0.4) is 0 Å². The van der Waals surface area contributed by atoms with Gasteiger partial charge in [0.2, 0.25) is 0 Å².